The average Bonchev–Trinajstić information content (AvgIpc) is 3.87. The predicted octanol–water partition coefficient (Wildman–Crippen LogP) is 10.8. The Bertz CT molecular complexity index is 2110. The minimum absolute atomic E-state index is 0.000981. The molecule has 3 aromatic carbocycles. The monoisotopic (exact) mass is 923 g/mol. The van der Waals surface area contributed by atoms with Crippen molar-refractivity contribution in [1.82, 2.24) is 4.90 Å². The number of nitrogens with zero attached hydrogens (tertiary/aromatic N) is 3. The van der Waals surface area contributed by atoms with Crippen LogP contribution in [0.3, 0.4) is 0 Å². The summed E-state index contributed by atoms with van der Waals surface area (Å²) >= 11 is 1.75. The van der Waals surface area contributed by atoms with Gasteiger partial charge in [-0.15, -0.1) is 18.3 Å². The van der Waals surface area contributed by atoms with Crippen LogP contribution in [0.15, 0.2) is 107 Å². The van der Waals surface area contributed by atoms with E-state index in [0.29, 0.717) is 50.5 Å². The molecular formula is C53H69N3O9S. The van der Waals surface area contributed by atoms with Crippen LogP contribution in [0, 0.1) is 33.8 Å². The summed E-state index contributed by atoms with van der Waals surface area (Å²) in [6, 6.07) is 22.1. The first-order chi connectivity index (χ1) is 32.3. The van der Waals surface area contributed by atoms with Gasteiger partial charge < -0.3 is 34.2 Å². The topological polar surface area (TPSA) is 153 Å². The summed E-state index contributed by atoms with van der Waals surface area (Å²) in [7, 11) is 0. The second kappa shape index (κ2) is 24.4. The van der Waals surface area contributed by atoms with Crippen molar-refractivity contribution in [3.63, 3.8) is 0 Å². The molecule has 2 saturated carbocycles. The maximum atomic E-state index is 14.8. The van der Waals surface area contributed by atoms with Gasteiger partial charge in [-0.3, -0.25) is 14.9 Å². The lowest BCUT2D eigenvalue weighted by Gasteiger charge is -2.60. The molecule has 0 aromatic heterocycles. The number of amides is 1. The SMILES string of the molecule is C=CCOC12Oc3ccc(OCCSc4ccccc4)cc3C3C(CCCCO)C(CCCCO)C=C(C(=NOCc4ccc([N+](=O)[O-])cc4)CC1N(CCC)C(=O)CCC1CCCC1)C32. The van der Waals surface area contributed by atoms with Crippen molar-refractivity contribution in [2.45, 2.75) is 126 Å². The van der Waals surface area contributed by atoms with Gasteiger partial charge in [-0.25, -0.2) is 0 Å². The second-order valence-corrected chi connectivity index (χ2v) is 19.4. The smallest absolute Gasteiger partial charge is 0.269 e. The fourth-order valence-electron chi connectivity index (χ4n) is 10.9. The zero-order chi connectivity index (χ0) is 46.3. The lowest BCUT2D eigenvalue weighted by Crippen LogP contribution is -2.70. The van der Waals surface area contributed by atoms with Crippen molar-refractivity contribution >= 4 is 29.1 Å². The number of unbranched alkanes of at least 4 members (excludes halogenated alkanes) is 2. The fourth-order valence-corrected chi connectivity index (χ4v) is 11.7. The Hall–Kier alpha value is -4.69. The Morgan fingerprint density at radius 2 is 1.77 bits per heavy atom. The number of fused-ring (bicyclic) bond motifs is 2. The molecule has 0 radical (unpaired) electrons. The first kappa shape index (κ1) is 49.2. The third-order valence-electron chi connectivity index (χ3n) is 14.0. The molecule has 0 bridgehead atoms. The highest BCUT2D eigenvalue weighted by Crippen LogP contribution is 2.62. The third-order valence-corrected chi connectivity index (χ3v) is 14.9. The molecule has 1 heterocycles. The standard InChI is InChI=1S/C53H69N3O9S/c1-3-28-55(50(59)27-22-38-14-8-9-15-38)49-36-47(54-64-37-39-20-23-41(24-21-39)56(60)61)45-34-40(16-10-12-29-57)44(19-11-13-30-58)51-46-35-42(62-32-33-66-43-17-6-5-7-18-43)25-26-48(46)65-53(49,52(45)51)63-31-4-2/h4-7,17-18,20-21,23-26,34-35,38,40,44,49,51-52,57-58H,2-3,8-16,19,22,27-33,36-37H2,1H3. The highest BCUT2D eigenvalue weighted by molar-refractivity contribution is 7.99. The number of hydrogen-bond acceptors (Lipinski definition) is 11. The van der Waals surface area contributed by atoms with Crippen LogP contribution in [0.2, 0.25) is 0 Å². The maximum absolute atomic E-state index is 14.8. The number of benzene rings is 3. The van der Waals surface area contributed by atoms with Gasteiger partial charge in [0.05, 0.1) is 29.8 Å². The molecule has 4 aliphatic rings. The average molecular weight is 924 g/mol. The second-order valence-electron chi connectivity index (χ2n) is 18.3. The Morgan fingerprint density at radius 3 is 2.48 bits per heavy atom. The Balaban J connectivity index is 1.34. The van der Waals surface area contributed by atoms with Crippen LogP contribution in [0.5, 0.6) is 11.5 Å². The van der Waals surface area contributed by atoms with Crippen LogP contribution >= 0.6 is 11.8 Å². The quantitative estimate of drug-likeness (QED) is 0.0261. The zero-order valence-electron chi connectivity index (χ0n) is 38.6. The van der Waals surface area contributed by atoms with Crippen LogP contribution < -0.4 is 9.47 Å². The molecule has 13 heteroatoms. The summed E-state index contributed by atoms with van der Waals surface area (Å²) in [4.78, 5) is 35.2. The summed E-state index contributed by atoms with van der Waals surface area (Å²) < 4.78 is 21.1. The molecule has 356 valence electrons. The minimum Gasteiger partial charge on any atom is -0.493 e. The van der Waals surface area contributed by atoms with E-state index in [2.05, 4.69) is 37.8 Å². The van der Waals surface area contributed by atoms with Gasteiger partial charge in [0, 0.05) is 66.9 Å². The van der Waals surface area contributed by atoms with E-state index in [1.807, 2.05) is 35.2 Å². The normalized spacial score (nSPS) is 23.9. The van der Waals surface area contributed by atoms with E-state index >= 15 is 0 Å². The summed E-state index contributed by atoms with van der Waals surface area (Å²) in [5, 5.41) is 36.3. The Kier molecular flexibility index (Phi) is 18.2. The van der Waals surface area contributed by atoms with E-state index in [1.165, 1.54) is 29.9 Å². The van der Waals surface area contributed by atoms with Crippen molar-refractivity contribution < 1.29 is 39.0 Å². The third kappa shape index (κ3) is 11.9. The maximum Gasteiger partial charge on any atom is 0.269 e. The number of non-ortho nitro benzene ring substituents is 1. The van der Waals surface area contributed by atoms with Crippen molar-refractivity contribution in [2.24, 2.45) is 28.8 Å². The molecule has 3 aromatic rings. The molecule has 3 aliphatic carbocycles. The molecule has 1 aliphatic heterocycles. The van der Waals surface area contributed by atoms with E-state index < -0.39 is 22.7 Å². The largest absolute Gasteiger partial charge is 0.493 e. The number of allylic oxidation sites excluding steroid dienone is 1. The van der Waals surface area contributed by atoms with Gasteiger partial charge in [0.15, 0.2) is 0 Å². The predicted molar refractivity (Wildman–Crippen MR) is 259 cm³/mol. The number of aliphatic hydroxyl groups excluding tert-OH is 2. The van der Waals surface area contributed by atoms with Crippen LogP contribution in [0.1, 0.15) is 114 Å². The molecular weight excluding hydrogens is 855 g/mol. The van der Waals surface area contributed by atoms with Gasteiger partial charge >= 0.3 is 0 Å². The number of carbonyl (C=O) groups is 1. The van der Waals surface area contributed by atoms with E-state index in [1.54, 1.807) is 30.0 Å². The first-order valence-electron chi connectivity index (χ1n) is 24.3. The number of hydrogen-bond donors (Lipinski definition) is 2. The zero-order valence-corrected chi connectivity index (χ0v) is 39.4. The van der Waals surface area contributed by atoms with Crippen LogP contribution in [0.25, 0.3) is 0 Å². The minimum atomic E-state index is -1.33. The molecule has 2 N–H and O–H groups in total. The molecule has 6 atom stereocenters. The van der Waals surface area contributed by atoms with Gasteiger partial charge in [-0.2, -0.15) is 0 Å². The van der Waals surface area contributed by atoms with Gasteiger partial charge in [-0.1, -0.05) is 81.0 Å². The van der Waals surface area contributed by atoms with E-state index in [9.17, 15) is 25.1 Å². The number of nitro groups is 1. The fraction of sp³-hybridized carbons (Fsp3) is 0.547. The summed E-state index contributed by atoms with van der Waals surface area (Å²) in [6.07, 6.45) is 15.8. The molecule has 12 nitrogen and oxygen atoms in total. The van der Waals surface area contributed by atoms with Gasteiger partial charge in [0.2, 0.25) is 11.7 Å². The van der Waals surface area contributed by atoms with Crippen molar-refractivity contribution in [3.8, 4) is 11.5 Å². The number of aliphatic hydroxyl groups is 2. The molecule has 1 amide bonds. The highest BCUT2D eigenvalue weighted by Gasteiger charge is 2.65. The number of rotatable bonds is 26. The van der Waals surface area contributed by atoms with Gasteiger partial charge in [0.25, 0.3) is 5.69 Å². The number of oxime groups is 1. The van der Waals surface area contributed by atoms with E-state index in [0.717, 1.165) is 85.3 Å². The van der Waals surface area contributed by atoms with Gasteiger partial charge in [-0.05, 0) is 110 Å². The van der Waals surface area contributed by atoms with E-state index in [-0.39, 0.29) is 55.8 Å². The molecule has 7 rings (SSSR count). The lowest BCUT2D eigenvalue weighted by atomic mass is 9.55. The van der Waals surface area contributed by atoms with Crippen molar-refractivity contribution in [2.75, 3.05) is 38.7 Å². The van der Waals surface area contributed by atoms with E-state index in [4.69, 9.17) is 24.2 Å². The molecule has 0 spiro atoms. The molecule has 66 heavy (non-hydrogen) atoms. The summed E-state index contributed by atoms with van der Waals surface area (Å²) in [5.41, 5.74) is 3.43. The Morgan fingerprint density at radius 1 is 1.02 bits per heavy atom. The first-order valence-corrected chi connectivity index (χ1v) is 25.3. The molecule has 2 fully saturated rings. The lowest BCUT2D eigenvalue weighted by molar-refractivity contribution is -0.384. The number of carbonyl (C=O) groups excluding carboxylic acids is 1. The number of nitro benzene ring substituents is 1. The Labute approximate surface area is 395 Å². The van der Waals surface area contributed by atoms with Crippen LogP contribution in [-0.4, -0.2) is 82.2 Å². The number of thioether (sulfide) groups is 1. The van der Waals surface area contributed by atoms with Crippen LogP contribution in [0.4, 0.5) is 5.69 Å². The summed E-state index contributed by atoms with van der Waals surface area (Å²) in [5.74, 6) is 1.09. The van der Waals surface area contributed by atoms with Crippen molar-refractivity contribution in [3.05, 3.63) is 118 Å². The summed E-state index contributed by atoms with van der Waals surface area (Å²) in [6.45, 7) is 7.68. The van der Waals surface area contributed by atoms with Crippen LogP contribution in [-0.2, 0) is 21.0 Å². The number of ether oxygens (including phenoxy) is 3. The highest BCUT2D eigenvalue weighted by atomic mass is 32.2. The van der Waals surface area contributed by atoms with Crippen molar-refractivity contribution in [1.29, 1.82) is 0 Å². The van der Waals surface area contributed by atoms with Gasteiger partial charge in [0.1, 0.15) is 24.1 Å². The molecule has 0 saturated heterocycles. The molecule has 6 unspecified atom stereocenters.